The van der Waals surface area contributed by atoms with Crippen molar-refractivity contribution in [2.75, 3.05) is 4.90 Å². The second-order valence-corrected chi connectivity index (χ2v) is 15.9. The third kappa shape index (κ3) is 5.05. The number of furan rings is 1. The van der Waals surface area contributed by atoms with Crippen LogP contribution in [0.3, 0.4) is 0 Å². The number of thiophene rings is 1. The Hall–Kier alpha value is -7.40. The number of benzene rings is 9. The van der Waals surface area contributed by atoms with E-state index in [0.29, 0.717) is 0 Å². The van der Waals surface area contributed by atoms with E-state index in [1.54, 1.807) is 0 Å². The lowest BCUT2D eigenvalue weighted by Crippen LogP contribution is -2.10. The Balaban J connectivity index is 1.01. The third-order valence-corrected chi connectivity index (χ3v) is 12.8. The number of fused-ring (bicyclic) bond motifs is 9. The largest absolute Gasteiger partial charge is 0.454 e. The van der Waals surface area contributed by atoms with Gasteiger partial charge >= 0.3 is 0 Å². The minimum Gasteiger partial charge on any atom is -0.454 e. The summed E-state index contributed by atoms with van der Waals surface area (Å²) in [5.41, 5.74) is 13.2. The number of nitrogens with zero attached hydrogens (tertiary/aromatic N) is 2. The molecule has 0 fully saturated rings. The Kier molecular flexibility index (Phi) is 7.40. The molecule has 4 heteroatoms. The standard InChI is InChI=1S/C54H34N2OS/c1-2-15-39(40-16-3-8-22-47(40)56-48-23-9-4-17-41(48)42-18-5-10-24-49(42)56)38(14-1)35-28-30-36(31-29-35)55(37-32-33-45-44-20-7-12-27-52(44)58-53(45)34-37)50-25-13-21-46-43-19-6-11-26-51(43)57-54(46)50/h1-34H. The van der Waals surface area contributed by atoms with E-state index in [-0.39, 0.29) is 0 Å². The number of hydrogen-bond acceptors (Lipinski definition) is 3. The summed E-state index contributed by atoms with van der Waals surface area (Å²) in [5, 5.41) is 7.31. The van der Waals surface area contributed by atoms with E-state index in [4.69, 9.17) is 4.42 Å². The molecule has 0 aliphatic carbocycles. The molecular formula is C54H34N2OS. The van der Waals surface area contributed by atoms with Crippen LogP contribution in [-0.4, -0.2) is 4.57 Å². The average molecular weight is 759 g/mol. The maximum Gasteiger partial charge on any atom is 0.159 e. The lowest BCUT2D eigenvalue weighted by Gasteiger charge is -2.26. The highest BCUT2D eigenvalue weighted by Crippen LogP contribution is 2.46. The summed E-state index contributed by atoms with van der Waals surface area (Å²) in [6.45, 7) is 0. The molecule has 3 aromatic heterocycles. The average Bonchev–Trinajstić information content (AvgIpc) is 3.97. The molecule has 0 saturated carbocycles. The van der Waals surface area contributed by atoms with Gasteiger partial charge in [0.15, 0.2) is 5.58 Å². The highest BCUT2D eigenvalue weighted by molar-refractivity contribution is 7.25. The first kappa shape index (κ1) is 32.8. The number of rotatable bonds is 6. The summed E-state index contributed by atoms with van der Waals surface area (Å²) in [5.74, 6) is 0. The molecule has 9 aromatic carbocycles. The van der Waals surface area contributed by atoms with Crippen LogP contribution in [0.15, 0.2) is 211 Å². The monoisotopic (exact) mass is 758 g/mol. The topological polar surface area (TPSA) is 21.3 Å². The number of para-hydroxylation sites is 5. The molecule has 0 saturated heterocycles. The van der Waals surface area contributed by atoms with Gasteiger partial charge in [-0.3, -0.25) is 0 Å². The molecule has 3 heterocycles. The lowest BCUT2D eigenvalue weighted by atomic mass is 9.93. The van der Waals surface area contributed by atoms with E-state index in [2.05, 4.69) is 210 Å². The molecule has 0 bridgehead atoms. The normalized spacial score (nSPS) is 11.8. The summed E-state index contributed by atoms with van der Waals surface area (Å²) in [7, 11) is 0. The Labute approximate surface area is 338 Å². The molecule has 0 N–H and O–H groups in total. The van der Waals surface area contributed by atoms with E-state index in [0.717, 1.165) is 50.3 Å². The van der Waals surface area contributed by atoms with Crippen molar-refractivity contribution in [3.05, 3.63) is 206 Å². The molecule has 0 atom stereocenters. The first-order chi connectivity index (χ1) is 28.8. The summed E-state index contributed by atoms with van der Waals surface area (Å²) < 4.78 is 11.6. The van der Waals surface area contributed by atoms with Crippen molar-refractivity contribution in [2.45, 2.75) is 0 Å². The van der Waals surface area contributed by atoms with E-state index >= 15 is 0 Å². The van der Waals surface area contributed by atoms with Crippen LogP contribution in [0.2, 0.25) is 0 Å². The maximum atomic E-state index is 6.66. The van der Waals surface area contributed by atoms with Gasteiger partial charge in [-0.25, -0.2) is 0 Å². The van der Waals surface area contributed by atoms with Crippen molar-refractivity contribution in [3.63, 3.8) is 0 Å². The van der Waals surface area contributed by atoms with Gasteiger partial charge in [0.05, 0.1) is 22.4 Å². The van der Waals surface area contributed by atoms with Gasteiger partial charge < -0.3 is 13.9 Å². The summed E-state index contributed by atoms with van der Waals surface area (Å²) in [4.78, 5) is 2.35. The van der Waals surface area contributed by atoms with Gasteiger partial charge in [-0.1, -0.05) is 146 Å². The number of hydrogen-bond donors (Lipinski definition) is 0. The Morgan fingerprint density at radius 2 is 0.983 bits per heavy atom. The fraction of sp³-hybridized carbons (Fsp3) is 0. The maximum absolute atomic E-state index is 6.66. The van der Waals surface area contributed by atoms with Crippen LogP contribution >= 0.6 is 11.3 Å². The molecule has 0 unspecified atom stereocenters. The smallest absolute Gasteiger partial charge is 0.159 e. The van der Waals surface area contributed by atoms with Crippen molar-refractivity contribution < 1.29 is 4.42 Å². The summed E-state index contributed by atoms with van der Waals surface area (Å²) in [6, 6.07) is 74.4. The van der Waals surface area contributed by atoms with Crippen LogP contribution in [0.5, 0.6) is 0 Å². The quantitative estimate of drug-likeness (QED) is 0.168. The Bertz CT molecular complexity index is 3480. The Morgan fingerprint density at radius 3 is 1.78 bits per heavy atom. The predicted octanol–water partition coefficient (Wildman–Crippen LogP) is 15.9. The van der Waals surface area contributed by atoms with Crippen molar-refractivity contribution in [3.8, 4) is 27.9 Å². The van der Waals surface area contributed by atoms with Gasteiger partial charge in [0.2, 0.25) is 0 Å². The van der Waals surface area contributed by atoms with Crippen molar-refractivity contribution >= 4 is 92.3 Å². The zero-order valence-electron chi connectivity index (χ0n) is 31.3. The van der Waals surface area contributed by atoms with Crippen LogP contribution in [0.4, 0.5) is 17.1 Å². The third-order valence-electron chi connectivity index (χ3n) is 11.6. The van der Waals surface area contributed by atoms with Crippen LogP contribution in [-0.2, 0) is 0 Å². The second-order valence-electron chi connectivity index (χ2n) is 14.8. The van der Waals surface area contributed by atoms with Gasteiger partial charge in [0.25, 0.3) is 0 Å². The van der Waals surface area contributed by atoms with E-state index in [9.17, 15) is 0 Å². The molecule has 12 aromatic rings. The highest BCUT2D eigenvalue weighted by atomic mass is 32.1. The molecule has 12 rings (SSSR count). The molecule has 0 radical (unpaired) electrons. The highest BCUT2D eigenvalue weighted by Gasteiger charge is 2.22. The fourth-order valence-electron chi connectivity index (χ4n) is 9.03. The lowest BCUT2D eigenvalue weighted by molar-refractivity contribution is 0.669. The molecule has 0 aliphatic rings. The molecular weight excluding hydrogens is 725 g/mol. The van der Waals surface area contributed by atoms with E-state index in [1.165, 1.54) is 58.7 Å². The Morgan fingerprint density at radius 1 is 0.397 bits per heavy atom. The molecule has 0 amide bonds. The molecule has 0 aliphatic heterocycles. The molecule has 3 nitrogen and oxygen atoms in total. The zero-order valence-corrected chi connectivity index (χ0v) is 32.2. The minimum atomic E-state index is 0.872. The van der Waals surface area contributed by atoms with Gasteiger partial charge in [0.1, 0.15) is 5.58 Å². The molecule has 272 valence electrons. The first-order valence-electron chi connectivity index (χ1n) is 19.7. The van der Waals surface area contributed by atoms with Crippen LogP contribution in [0.25, 0.3) is 91.9 Å². The SMILES string of the molecule is c1ccc(-c2ccccc2-n2c3ccccc3c3ccccc32)c(-c2ccc(N(c3ccc4c(c3)sc3ccccc34)c3cccc4c3oc3ccccc34)cc2)c1. The second kappa shape index (κ2) is 13.1. The van der Waals surface area contributed by atoms with Gasteiger partial charge in [-0.05, 0) is 77.4 Å². The zero-order chi connectivity index (χ0) is 38.2. The van der Waals surface area contributed by atoms with Crippen molar-refractivity contribution in [1.29, 1.82) is 0 Å². The van der Waals surface area contributed by atoms with Gasteiger partial charge in [-0.15, -0.1) is 11.3 Å². The summed E-state index contributed by atoms with van der Waals surface area (Å²) >= 11 is 1.84. The van der Waals surface area contributed by atoms with E-state index < -0.39 is 0 Å². The number of aromatic nitrogens is 1. The van der Waals surface area contributed by atoms with Crippen LogP contribution in [0, 0.1) is 0 Å². The van der Waals surface area contributed by atoms with Crippen molar-refractivity contribution in [1.82, 2.24) is 4.57 Å². The fourth-order valence-corrected chi connectivity index (χ4v) is 10.2. The number of anilines is 3. The predicted molar refractivity (Wildman–Crippen MR) is 247 cm³/mol. The molecule has 58 heavy (non-hydrogen) atoms. The van der Waals surface area contributed by atoms with Gasteiger partial charge in [0, 0.05) is 58.7 Å². The van der Waals surface area contributed by atoms with Gasteiger partial charge in [-0.2, -0.15) is 0 Å². The first-order valence-corrected chi connectivity index (χ1v) is 20.5. The summed E-state index contributed by atoms with van der Waals surface area (Å²) in [6.07, 6.45) is 0. The van der Waals surface area contributed by atoms with Crippen molar-refractivity contribution in [2.24, 2.45) is 0 Å². The van der Waals surface area contributed by atoms with Crippen LogP contribution in [0.1, 0.15) is 0 Å². The molecule has 0 spiro atoms. The van der Waals surface area contributed by atoms with Crippen LogP contribution < -0.4 is 4.90 Å². The minimum absolute atomic E-state index is 0.872. The van der Waals surface area contributed by atoms with E-state index in [1.807, 2.05) is 17.4 Å².